The summed E-state index contributed by atoms with van der Waals surface area (Å²) in [7, 11) is 1.65. The van der Waals surface area contributed by atoms with E-state index in [2.05, 4.69) is 11.5 Å². The van der Waals surface area contributed by atoms with Crippen LogP contribution >= 0.6 is 0 Å². The summed E-state index contributed by atoms with van der Waals surface area (Å²) in [5.41, 5.74) is 3.83. The number of allylic oxidation sites excluding steroid dienone is 1. The van der Waals surface area contributed by atoms with E-state index in [4.69, 9.17) is 15.3 Å². The first-order chi connectivity index (χ1) is 8.35. The van der Waals surface area contributed by atoms with Crippen molar-refractivity contribution >= 4 is 0 Å². The van der Waals surface area contributed by atoms with E-state index in [9.17, 15) is 0 Å². The minimum Gasteiger partial charge on any atom is -0.497 e. The van der Waals surface area contributed by atoms with Crippen molar-refractivity contribution in [1.29, 1.82) is 0 Å². The summed E-state index contributed by atoms with van der Waals surface area (Å²) in [6, 6.07) is 7.72. The van der Waals surface area contributed by atoms with Gasteiger partial charge in [0.25, 0.3) is 0 Å². The van der Waals surface area contributed by atoms with Crippen LogP contribution in [0.3, 0.4) is 0 Å². The van der Waals surface area contributed by atoms with Crippen LogP contribution in [0.25, 0.3) is 0 Å². The minimum atomic E-state index is -0.106. The zero-order valence-corrected chi connectivity index (χ0v) is 9.98. The molecule has 0 bridgehead atoms. The standard InChI is InChI=1S/C13H18N2O2/c1-16-11-6-4-5-10(9-11)13(15-14)12-7-2-3-8-17-12/h4-7,9,13,15H,2-3,8,14H2,1H3. The number of nitrogens with one attached hydrogen (secondary N) is 1. The molecule has 0 aliphatic carbocycles. The van der Waals surface area contributed by atoms with Crippen LogP contribution in [0, 0.1) is 0 Å². The van der Waals surface area contributed by atoms with Gasteiger partial charge in [0.15, 0.2) is 0 Å². The number of hydrazine groups is 1. The van der Waals surface area contributed by atoms with Crippen molar-refractivity contribution < 1.29 is 9.47 Å². The molecule has 1 unspecified atom stereocenters. The van der Waals surface area contributed by atoms with Crippen LogP contribution in [0.5, 0.6) is 5.75 Å². The molecule has 0 amide bonds. The maximum atomic E-state index is 5.64. The maximum Gasteiger partial charge on any atom is 0.119 e. The fourth-order valence-electron chi connectivity index (χ4n) is 1.94. The topological polar surface area (TPSA) is 56.5 Å². The van der Waals surface area contributed by atoms with Crippen molar-refractivity contribution in [2.75, 3.05) is 13.7 Å². The van der Waals surface area contributed by atoms with Crippen LogP contribution in [0.2, 0.25) is 0 Å². The molecule has 1 heterocycles. The number of hydrogen-bond donors (Lipinski definition) is 2. The second kappa shape index (κ2) is 5.70. The van der Waals surface area contributed by atoms with Gasteiger partial charge in [0.05, 0.1) is 13.7 Å². The molecule has 0 saturated carbocycles. The summed E-state index contributed by atoms with van der Waals surface area (Å²) >= 11 is 0. The first kappa shape index (κ1) is 12.0. The third kappa shape index (κ3) is 2.78. The van der Waals surface area contributed by atoms with Crippen LogP contribution in [-0.2, 0) is 4.74 Å². The fourth-order valence-corrected chi connectivity index (χ4v) is 1.94. The van der Waals surface area contributed by atoms with Gasteiger partial charge in [0.2, 0.25) is 0 Å². The predicted molar refractivity (Wildman–Crippen MR) is 66.3 cm³/mol. The Morgan fingerprint density at radius 1 is 1.47 bits per heavy atom. The van der Waals surface area contributed by atoms with Gasteiger partial charge in [0.1, 0.15) is 17.6 Å². The number of methoxy groups -OCH3 is 1. The molecular weight excluding hydrogens is 216 g/mol. The Morgan fingerprint density at radius 3 is 3.00 bits per heavy atom. The minimum absolute atomic E-state index is 0.106. The molecule has 1 aliphatic rings. The summed E-state index contributed by atoms with van der Waals surface area (Å²) in [6.07, 6.45) is 4.20. The van der Waals surface area contributed by atoms with Crippen molar-refractivity contribution in [3.05, 3.63) is 41.7 Å². The lowest BCUT2D eigenvalue weighted by atomic mass is 10.0. The Kier molecular flexibility index (Phi) is 4.01. The molecule has 1 aromatic carbocycles. The molecule has 0 aromatic heterocycles. The largest absolute Gasteiger partial charge is 0.497 e. The highest BCUT2D eigenvalue weighted by Crippen LogP contribution is 2.27. The van der Waals surface area contributed by atoms with E-state index in [1.807, 2.05) is 24.3 Å². The molecule has 2 rings (SSSR count). The van der Waals surface area contributed by atoms with Crippen molar-refractivity contribution in [2.45, 2.75) is 18.9 Å². The van der Waals surface area contributed by atoms with E-state index in [0.717, 1.165) is 36.5 Å². The third-order valence-corrected chi connectivity index (χ3v) is 2.84. The van der Waals surface area contributed by atoms with E-state index in [1.54, 1.807) is 7.11 Å². The molecular formula is C13H18N2O2. The quantitative estimate of drug-likeness (QED) is 0.617. The SMILES string of the molecule is COc1cccc(C(NN)C2=CCCCO2)c1. The smallest absolute Gasteiger partial charge is 0.119 e. The zero-order chi connectivity index (χ0) is 12.1. The Labute approximate surface area is 101 Å². The predicted octanol–water partition coefficient (Wildman–Crippen LogP) is 1.89. The average molecular weight is 234 g/mol. The number of nitrogens with two attached hydrogens (primary N) is 1. The number of benzene rings is 1. The van der Waals surface area contributed by atoms with Crippen LogP contribution < -0.4 is 16.0 Å². The van der Waals surface area contributed by atoms with E-state index in [1.165, 1.54) is 0 Å². The summed E-state index contributed by atoms with van der Waals surface area (Å²) in [5.74, 6) is 7.33. The van der Waals surface area contributed by atoms with Gasteiger partial charge in [-0.15, -0.1) is 0 Å². The molecule has 0 spiro atoms. The molecule has 92 valence electrons. The van der Waals surface area contributed by atoms with Gasteiger partial charge in [-0.3, -0.25) is 5.84 Å². The Hall–Kier alpha value is -1.52. The summed E-state index contributed by atoms with van der Waals surface area (Å²) in [5, 5.41) is 0. The second-order valence-corrected chi connectivity index (χ2v) is 3.97. The van der Waals surface area contributed by atoms with Crippen molar-refractivity contribution in [1.82, 2.24) is 5.43 Å². The third-order valence-electron chi connectivity index (χ3n) is 2.84. The summed E-state index contributed by atoms with van der Waals surface area (Å²) in [6.45, 7) is 0.758. The van der Waals surface area contributed by atoms with Crippen molar-refractivity contribution in [3.63, 3.8) is 0 Å². The molecule has 3 N–H and O–H groups in total. The Balaban J connectivity index is 2.24. The van der Waals surface area contributed by atoms with E-state index < -0.39 is 0 Å². The average Bonchev–Trinajstić information content (AvgIpc) is 2.41. The van der Waals surface area contributed by atoms with Gasteiger partial charge in [-0.25, -0.2) is 5.43 Å². The molecule has 1 aliphatic heterocycles. The molecule has 0 radical (unpaired) electrons. The molecule has 4 heteroatoms. The molecule has 1 aromatic rings. The lowest BCUT2D eigenvalue weighted by Gasteiger charge is -2.23. The second-order valence-electron chi connectivity index (χ2n) is 3.97. The van der Waals surface area contributed by atoms with E-state index >= 15 is 0 Å². The van der Waals surface area contributed by atoms with Gasteiger partial charge in [-0.05, 0) is 36.6 Å². The summed E-state index contributed by atoms with van der Waals surface area (Å²) in [4.78, 5) is 0. The molecule has 0 fully saturated rings. The van der Waals surface area contributed by atoms with Gasteiger partial charge in [-0.2, -0.15) is 0 Å². The zero-order valence-electron chi connectivity index (χ0n) is 9.98. The Bertz CT molecular complexity index is 404. The van der Waals surface area contributed by atoms with Gasteiger partial charge in [-0.1, -0.05) is 12.1 Å². The summed E-state index contributed by atoms with van der Waals surface area (Å²) < 4.78 is 10.8. The molecule has 0 saturated heterocycles. The first-order valence-electron chi connectivity index (χ1n) is 5.78. The van der Waals surface area contributed by atoms with Crippen LogP contribution in [0.1, 0.15) is 24.4 Å². The van der Waals surface area contributed by atoms with Crippen molar-refractivity contribution in [3.8, 4) is 5.75 Å². The van der Waals surface area contributed by atoms with Crippen LogP contribution in [-0.4, -0.2) is 13.7 Å². The first-order valence-corrected chi connectivity index (χ1v) is 5.78. The number of hydrogen-bond acceptors (Lipinski definition) is 4. The van der Waals surface area contributed by atoms with Crippen LogP contribution in [0.15, 0.2) is 36.1 Å². The highest BCUT2D eigenvalue weighted by Gasteiger charge is 2.18. The van der Waals surface area contributed by atoms with E-state index in [-0.39, 0.29) is 6.04 Å². The lowest BCUT2D eigenvalue weighted by molar-refractivity contribution is 0.168. The molecule has 17 heavy (non-hydrogen) atoms. The lowest BCUT2D eigenvalue weighted by Crippen LogP contribution is -2.31. The normalized spacial score (nSPS) is 16.9. The monoisotopic (exact) mass is 234 g/mol. The van der Waals surface area contributed by atoms with E-state index in [0.29, 0.717) is 0 Å². The number of ether oxygens (including phenoxy) is 2. The molecule has 1 atom stereocenters. The highest BCUT2D eigenvalue weighted by atomic mass is 16.5. The molecule has 4 nitrogen and oxygen atoms in total. The maximum absolute atomic E-state index is 5.64. The van der Waals surface area contributed by atoms with Crippen molar-refractivity contribution in [2.24, 2.45) is 5.84 Å². The van der Waals surface area contributed by atoms with Crippen LogP contribution in [0.4, 0.5) is 0 Å². The fraction of sp³-hybridized carbons (Fsp3) is 0.385. The highest BCUT2D eigenvalue weighted by molar-refractivity contribution is 5.33. The number of rotatable bonds is 4. The van der Waals surface area contributed by atoms with Gasteiger partial charge in [0, 0.05) is 0 Å². The van der Waals surface area contributed by atoms with Gasteiger partial charge < -0.3 is 9.47 Å². The van der Waals surface area contributed by atoms with Gasteiger partial charge >= 0.3 is 0 Å². The Morgan fingerprint density at radius 2 is 2.35 bits per heavy atom.